The van der Waals surface area contributed by atoms with E-state index in [2.05, 4.69) is 15.3 Å². The fourth-order valence-electron chi connectivity index (χ4n) is 2.76. The maximum atomic E-state index is 11.6. The van der Waals surface area contributed by atoms with Gasteiger partial charge < -0.3 is 10.2 Å². The van der Waals surface area contributed by atoms with Crippen LogP contribution in [0.4, 0.5) is 5.82 Å². The van der Waals surface area contributed by atoms with Gasteiger partial charge in [0.15, 0.2) is 5.82 Å². The third-order valence-corrected chi connectivity index (χ3v) is 4.07. The van der Waals surface area contributed by atoms with Gasteiger partial charge in [-0.25, -0.2) is 9.97 Å². The molecular formula is C18H22N4O. The zero-order chi connectivity index (χ0) is 16.1. The number of carbonyl (C=O) groups is 1. The predicted molar refractivity (Wildman–Crippen MR) is 91.1 cm³/mol. The van der Waals surface area contributed by atoms with Crippen molar-refractivity contribution in [3.05, 3.63) is 42.1 Å². The number of nitrogens with one attached hydrogen (secondary N) is 1. The first-order valence-corrected chi connectivity index (χ1v) is 8.15. The van der Waals surface area contributed by atoms with Crippen LogP contribution in [-0.2, 0) is 4.79 Å². The molecule has 0 aliphatic carbocycles. The zero-order valence-electron chi connectivity index (χ0n) is 13.5. The molecule has 1 saturated heterocycles. The Morgan fingerprint density at radius 1 is 1.26 bits per heavy atom. The minimum atomic E-state index is 0.287. The Morgan fingerprint density at radius 2 is 2.09 bits per heavy atom. The molecule has 1 aromatic heterocycles. The minimum Gasteiger partial charge on any atom is -0.370 e. The van der Waals surface area contributed by atoms with Gasteiger partial charge in [-0.15, -0.1) is 0 Å². The molecule has 0 unspecified atom stereocenters. The molecule has 120 valence electrons. The fourth-order valence-corrected chi connectivity index (χ4v) is 2.76. The van der Waals surface area contributed by atoms with Gasteiger partial charge >= 0.3 is 0 Å². The normalized spacial score (nSPS) is 14.3. The summed E-state index contributed by atoms with van der Waals surface area (Å²) in [7, 11) is 0. The summed E-state index contributed by atoms with van der Waals surface area (Å²) in [6, 6.07) is 9.97. The van der Waals surface area contributed by atoms with Crippen molar-refractivity contribution >= 4 is 11.7 Å². The van der Waals surface area contributed by atoms with Crippen LogP contribution in [0, 0.1) is 6.92 Å². The molecule has 2 heterocycles. The number of aryl methyl sites for hydroxylation is 1. The highest BCUT2D eigenvalue weighted by Crippen LogP contribution is 2.18. The Labute approximate surface area is 136 Å². The van der Waals surface area contributed by atoms with Gasteiger partial charge in [0.05, 0.1) is 0 Å². The largest absolute Gasteiger partial charge is 0.370 e. The van der Waals surface area contributed by atoms with Gasteiger partial charge in [0.25, 0.3) is 0 Å². The number of likely N-dealkylation sites (tertiary alicyclic amines) is 1. The van der Waals surface area contributed by atoms with Crippen LogP contribution < -0.4 is 5.32 Å². The molecule has 5 nitrogen and oxygen atoms in total. The molecule has 1 amide bonds. The van der Waals surface area contributed by atoms with Crippen molar-refractivity contribution in [3.63, 3.8) is 0 Å². The number of hydrogen-bond donors (Lipinski definition) is 1. The highest BCUT2D eigenvalue weighted by atomic mass is 16.2. The predicted octanol–water partition coefficient (Wildman–Crippen LogP) is 2.88. The van der Waals surface area contributed by atoms with Crippen LogP contribution in [0.1, 0.15) is 24.8 Å². The molecule has 1 N–H and O–H groups in total. The van der Waals surface area contributed by atoms with Crippen LogP contribution in [-0.4, -0.2) is 40.4 Å². The van der Waals surface area contributed by atoms with E-state index in [4.69, 9.17) is 0 Å². The first-order valence-electron chi connectivity index (χ1n) is 8.15. The third kappa shape index (κ3) is 3.86. The topological polar surface area (TPSA) is 58.1 Å². The lowest BCUT2D eigenvalue weighted by Gasteiger charge is -2.16. The lowest BCUT2D eigenvalue weighted by atomic mass is 10.2. The monoisotopic (exact) mass is 310 g/mol. The van der Waals surface area contributed by atoms with Crippen molar-refractivity contribution < 1.29 is 4.79 Å². The highest BCUT2D eigenvalue weighted by Gasteiger charge is 2.18. The first-order chi connectivity index (χ1) is 11.2. The lowest BCUT2D eigenvalue weighted by molar-refractivity contribution is -0.127. The Balaban J connectivity index is 1.58. The average Bonchev–Trinajstić information content (AvgIpc) is 2.99. The number of aromatic nitrogens is 2. The van der Waals surface area contributed by atoms with Crippen LogP contribution in [0.2, 0.25) is 0 Å². The van der Waals surface area contributed by atoms with Crippen LogP contribution in [0.5, 0.6) is 0 Å². The minimum absolute atomic E-state index is 0.287. The van der Waals surface area contributed by atoms with E-state index >= 15 is 0 Å². The van der Waals surface area contributed by atoms with Gasteiger partial charge in [0, 0.05) is 43.4 Å². The Bertz CT molecular complexity index is 672. The summed E-state index contributed by atoms with van der Waals surface area (Å²) >= 11 is 0. The summed E-state index contributed by atoms with van der Waals surface area (Å²) in [5.41, 5.74) is 2.04. The molecule has 0 bridgehead atoms. The van der Waals surface area contributed by atoms with Crippen LogP contribution in [0.15, 0.2) is 36.5 Å². The number of hydrogen-bond acceptors (Lipinski definition) is 4. The number of nitrogens with zero attached hydrogens (tertiary/aromatic N) is 3. The summed E-state index contributed by atoms with van der Waals surface area (Å²) in [5.74, 6) is 1.88. The van der Waals surface area contributed by atoms with Gasteiger partial charge in [0.2, 0.25) is 5.91 Å². The van der Waals surface area contributed by atoms with E-state index in [-0.39, 0.29) is 5.91 Å². The second-order valence-electron chi connectivity index (χ2n) is 5.86. The van der Waals surface area contributed by atoms with E-state index in [1.54, 1.807) is 0 Å². The van der Waals surface area contributed by atoms with Crippen molar-refractivity contribution in [2.45, 2.75) is 26.2 Å². The second kappa shape index (κ2) is 7.22. The van der Waals surface area contributed by atoms with Crippen molar-refractivity contribution in [2.24, 2.45) is 0 Å². The number of amides is 1. The van der Waals surface area contributed by atoms with Gasteiger partial charge in [-0.05, 0) is 19.8 Å². The Hall–Kier alpha value is -2.43. The number of benzene rings is 1. The smallest absolute Gasteiger partial charge is 0.222 e. The zero-order valence-corrected chi connectivity index (χ0v) is 13.5. The Kier molecular flexibility index (Phi) is 4.86. The summed E-state index contributed by atoms with van der Waals surface area (Å²) in [6.07, 6.45) is 4.48. The van der Waals surface area contributed by atoms with Crippen LogP contribution in [0.25, 0.3) is 11.4 Å². The molecule has 23 heavy (non-hydrogen) atoms. The SMILES string of the molecule is Cc1cnc(-c2ccccc2)nc1NCCCN1CCCC1=O. The van der Waals surface area contributed by atoms with Crippen LogP contribution in [0.3, 0.4) is 0 Å². The maximum absolute atomic E-state index is 11.6. The van der Waals surface area contributed by atoms with E-state index < -0.39 is 0 Å². The molecule has 0 atom stereocenters. The van der Waals surface area contributed by atoms with Gasteiger partial charge in [-0.2, -0.15) is 0 Å². The van der Waals surface area contributed by atoms with Gasteiger partial charge in [0.1, 0.15) is 5.82 Å². The molecule has 1 aliphatic heterocycles. The Morgan fingerprint density at radius 3 is 2.83 bits per heavy atom. The molecule has 0 radical (unpaired) electrons. The third-order valence-electron chi connectivity index (χ3n) is 4.07. The van der Waals surface area contributed by atoms with E-state index in [0.717, 1.165) is 55.2 Å². The van der Waals surface area contributed by atoms with Crippen LogP contribution >= 0.6 is 0 Å². The van der Waals surface area contributed by atoms with E-state index in [0.29, 0.717) is 6.42 Å². The quantitative estimate of drug-likeness (QED) is 0.834. The fraction of sp³-hybridized carbons (Fsp3) is 0.389. The van der Waals surface area contributed by atoms with Crippen molar-refractivity contribution in [1.82, 2.24) is 14.9 Å². The summed E-state index contributed by atoms with van der Waals surface area (Å²) < 4.78 is 0. The van der Waals surface area contributed by atoms with E-state index in [9.17, 15) is 4.79 Å². The number of anilines is 1. The summed E-state index contributed by atoms with van der Waals surface area (Å²) in [4.78, 5) is 22.6. The van der Waals surface area contributed by atoms with Gasteiger partial charge in [-0.3, -0.25) is 4.79 Å². The molecule has 2 aromatic rings. The highest BCUT2D eigenvalue weighted by molar-refractivity contribution is 5.78. The summed E-state index contributed by atoms with van der Waals surface area (Å²) in [5, 5.41) is 3.37. The molecule has 1 aromatic carbocycles. The van der Waals surface area contributed by atoms with Crippen molar-refractivity contribution in [2.75, 3.05) is 25.0 Å². The molecule has 1 aliphatic rings. The van der Waals surface area contributed by atoms with Crippen molar-refractivity contribution in [3.8, 4) is 11.4 Å². The average molecular weight is 310 g/mol. The molecule has 3 rings (SSSR count). The molecular weight excluding hydrogens is 288 g/mol. The number of rotatable bonds is 6. The second-order valence-corrected chi connectivity index (χ2v) is 5.86. The summed E-state index contributed by atoms with van der Waals surface area (Å²) in [6.45, 7) is 4.53. The molecule has 5 heteroatoms. The molecule has 0 saturated carbocycles. The van der Waals surface area contributed by atoms with E-state index in [1.807, 2.05) is 48.4 Å². The molecule has 0 spiro atoms. The lowest BCUT2D eigenvalue weighted by Crippen LogP contribution is -2.27. The standard InChI is InChI=1S/C18H22N4O/c1-14-13-20-18(15-7-3-2-4-8-15)21-17(14)19-10-6-12-22-11-5-9-16(22)23/h2-4,7-8,13H,5-6,9-12H2,1H3,(H,19,20,21). The number of carbonyl (C=O) groups excluding carboxylic acids is 1. The van der Waals surface area contributed by atoms with E-state index in [1.165, 1.54) is 0 Å². The van der Waals surface area contributed by atoms with Crippen molar-refractivity contribution in [1.29, 1.82) is 0 Å². The first kappa shape index (κ1) is 15.5. The molecule has 1 fully saturated rings. The van der Waals surface area contributed by atoms with Gasteiger partial charge in [-0.1, -0.05) is 30.3 Å². The maximum Gasteiger partial charge on any atom is 0.222 e.